The molecule has 2 aromatic rings. The Morgan fingerprint density at radius 1 is 0.727 bits per heavy atom. The Morgan fingerprint density at radius 2 is 1.18 bits per heavy atom. The summed E-state index contributed by atoms with van der Waals surface area (Å²) in [6, 6.07) is 15.8. The lowest BCUT2D eigenvalue weighted by atomic mass is 10.3. The van der Waals surface area contributed by atoms with Crippen molar-refractivity contribution in [2.24, 2.45) is 0 Å². The lowest BCUT2D eigenvalue weighted by Crippen LogP contribution is -2.01. The minimum Gasteiger partial charge on any atom is -0.493 e. The fourth-order valence-corrected chi connectivity index (χ4v) is 4.03. The highest BCUT2D eigenvalue weighted by atomic mass is 79.9. The first kappa shape index (κ1) is 18.0. The molecular formula is C16H16Br2O2S2. The lowest BCUT2D eigenvalue weighted by Gasteiger charge is -2.07. The predicted molar refractivity (Wildman–Crippen MR) is 104 cm³/mol. The van der Waals surface area contributed by atoms with Gasteiger partial charge in [0.05, 0.1) is 13.2 Å². The van der Waals surface area contributed by atoms with Gasteiger partial charge in [0.2, 0.25) is 0 Å². The van der Waals surface area contributed by atoms with Gasteiger partial charge >= 0.3 is 0 Å². The molecule has 0 aliphatic carbocycles. The quantitative estimate of drug-likeness (QED) is 0.332. The van der Waals surface area contributed by atoms with E-state index < -0.39 is 0 Å². The van der Waals surface area contributed by atoms with Crippen molar-refractivity contribution in [1.82, 2.24) is 0 Å². The van der Waals surface area contributed by atoms with E-state index in [2.05, 4.69) is 31.9 Å². The average molecular weight is 464 g/mol. The molecule has 0 unspecified atom stereocenters. The second-order valence-electron chi connectivity index (χ2n) is 4.26. The summed E-state index contributed by atoms with van der Waals surface area (Å²) in [5.41, 5.74) is 0. The fraction of sp³-hybridized carbons (Fsp3) is 0.250. The molecule has 0 bridgehead atoms. The Morgan fingerprint density at radius 3 is 1.59 bits per heavy atom. The van der Waals surface area contributed by atoms with Crippen molar-refractivity contribution in [2.45, 2.75) is 0 Å². The fourth-order valence-electron chi connectivity index (χ4n) is 1.62. The Kier molecular flexibility index (Phi) is 8.59. The number of hydrogen-bond acceptors (Lipinski definition) is 4. The summed E-state index contributed by atoms with van der Waals surface area (Å²) in [7, 11) is 3.61. The molecule has 0 fully saturated rings. The van der Waals surface area contributed by atoms with Gasteiger partial charge in [-0.3, -0.25) is 0 Å². The van der Waals surface area contributed by atoms with E-state index in [4.69, 9.17) is 9.47 Å². The van der Waals surface area contributed by atoms with Gasteiger partial charge in [0.1, 0.15) is 11.5 Å². The van der Waals surface area contributed by atoms with Crippen LogP contribution in [0.2, 0.25) is 0 Å². The molecule has 0 aromatic heterocycles. The number of ether oxygens (including phenoxy) is 2. The molecule has 0 amide bonds. The van der Waals surface area contributed by atoms with Crippen LogP contribution >= 0.6 is 53.4 Å². The normalized spacial score (nSPS) is 10.5. The Balaban J connectivity index is 1.49. The minimum atomic E-state index is 0.709. The van der Waals surface area contributed by atoms with Gasteiger partial charge < -0.3 is 9.47 Å². The average Bonchev–Trinajstić information content (AvgIpc) is 2.50. The van der Waals surface area contributed by atoms with Crippen molar-refractivity contribution >= 4 is 53.4 Å². The number of halogens is 2. The van der Waals surface area contributed by atoms with E-state index in [1.807, 2.05) is 48.5 Å². The van der Waals surface area contributed by atoms with E-state index in [0.29, 0.717) is 13.2 Å². The summed E-state index contributed by atoms with van der Waals surface area (Å²) >= 11 is 6.86. The summed E-state index contributed by atoms with van der Waals surface area (Å²) in [6.45, 7) is 1.42. The van der Waals surface area contributed by atoms with E-state index in [-0.39, 0.29) is 0 Å². The topological polar surface area (TPSA) is 18.5 Å². The third-order valence-electron chi connectivity index (χ3n) is 2.55. The molecule has 118 valence electrons. The first-order valence-electron chi connectivity index (χ1n) is 6.75. The largest absolute Gasteiger partial charge is 0.493 e. The van der Waals surface area contributed by atoms with E-state index >= 15 is 0 Å². The third kappa shape index (κ3) is 7.31. The highest BCUT2D eigenvalue weighted by molar-refractivity contribution is 9.10. The molecule has 0 saturated carbocycles. The molecule has 0 atom stereocenters. The highest BCUT2D eigenvalue weighted by Gasteiger charge is 1.97. The maximum atomic E-state index is 5.68. The first-order chi connectivity index (χ1) is 10.7. The van der Waals surface area contributed by atoms with Crippen LogP contribution in [0.5, 0.6) is 11.5 Å². The molecule has 0 radical (unpaired) electrons. The van der Waals surface area contributed by atoms with Crippen molar-refractivity contribution in [2.75, 3.05) is 24.7 Å². The molecule has 6 heteroatoms. The van der Waals surface area contributed by atoms with Gasteiger partial charge in [0, 0.05) is 20.5 Å². The zero-order valence-corrected chi connectivity index (χ0v) is 16.6. The smallest absolute Gasteiger partial charge is 0.120 e. The maximum Gasteiger partial charge on any atom is 0.120 e. The monoisotopic (exact) mass is 462 g/mol. The molecule has 0 saturated heterocycles. The SMILES string of the molecule is Brc1cccc(OCCSSCCOc2cccc(Br)c2)c1. The third-order valence-corrected chi connectivity index (χ3v) is 5.87. The van der Waals surface area contributed by atoms with Gasteiger partial charge in [-0.1, -0.05) is 65.6 Å². The second-order valence-corrected chi connectivity index (χ2v) is 8.79. The van der Waals surface area contributed by atoms with Crippen LogP contribution in [0, 0.1) is 0 Å². The van der Waals surface area contributed by atoms with Gasteiger partial charge in [-0.25, -0.2) is 0 Å². The van der Waals surface area contributed by atoms with Crippen molar-refractivity contribution in [1.29, 1.82) is 0 Å². The van der Waals surface area contributed by atoms with Crippen LogP contribution in [0.3, 0.4) is 0 Å². The van der Waals surface area contributed by atoms with Crippen molar-refractivity contribution < 1.29 is 9.47 Å². The van der Waals surface area contributed by atoms with Crippen LogP contribution < -0.4 is 9.47 Å². The van der Waals surface area contributed by atoms with Gasteiger partial charge in [0.25, 0.3) is 0 Å². The number of hydrogen-bond donors (Lipinski definition) is 0. The van der Waals surface area contributed by atoms with E-state index in [1.54, 1.807) is 21.6 Å². The van der Waals surface area contributed by atoms with Crippen LogP contribution in [0.4, 0.5) is 0 Å². The van der Waals surface area contributed by atoms with Gasteiger partial charge in [0.15, 0.2) is 0 Å². The van der Waals surface area contributed by atoms with Crippen LogP contribution in [-0.4, -0.2) is 24.7 Å². The van der Waals surface area contributed by atoms with Crippen molar-refractivity contribution in [3.63, 3.8) is 0 Å². The molecule has 0 spiro atoms. The van der Waals surface area contributed by atoms with Crippen LogP contribution in [-0.2, 0) is 0 Å². The minimum absolute atomic E-state index is 0.709. The van der Waals surface area contributed by atoms with E-state index in [1.165, 1.54) is 0 Å². The first-order valence-corrected chi connectivity index (χ1v) is 10.8. The Bertz CT molecular complexity index is 530. The summed E-state index contributed by atoms with van der Waals surface area (Å²) < 4.78 is 13.4. The molecule has 0 aliphatic rings. The number of benzene rings is 2. The van der Waals surface area contributed by atoms with Crippen LogP contribution in [0.1, 0.15) is 0 Å². The molecule has 2 rings (SSSR count). The van der Waals surface area contributed by atoms with Gasteiger partial charge in [-0.05, 0) is 36.4 Å². The zero-order chi connectivity index (χ0) is 15.6. The Hall–Kier alpha value is -0.300. The van der Waals surface area contributed by atoms with Crippen molar-refractivity contribution in [3.8, 4) is 11.5 Å². The summed E-state index contributed by atoms with van der Waals surface area (Å²) in [4.78, 5) is 0. The van der Waals surface area contributed by atoms with E-state index in [0.717, 1.165) is 32.0 Å². The predicted octanol–water partition coefficient (Wildman–Crippen LogP) is 6.05. The lowest BCUT2D eigenvalue weighted by molar-refractivity contribution is 0.343. The van der Waals surface area contributed by atoms with E-state index in [9.17, 15) is 0 Å². The van der Waals surface area contributed by atoms with Gasteiger partial charge in [-0.2, -0.15) is 0 Å². The molecule has 0 N–H and O–H groups in total. The molecule has 2 nitrogen and oxygen atoms in total. The Labute approximate surface area is 156 Å². The van der Waals surface area contributed by atoms with Gasteiger partial charge in [-0.15, -0.1) is 0 Å². The molecule has 22 heavy (non-hydrogen) atoms. The highest BCUT2D eigenvalue weighted by Crippen LogP contribution is 2.23. The summed E-state index contributed by atoms with van der Waals surface area (Å²) in [5.74, 6) is 3.71. The second kappa shape index (κ2) is 10.5. The molecule has 2 aromatic carbocycles. The van der Waals surface area contributed by atoms with Crippen molar-refractivity contribution in [3.05, 3.63) is 57.5 Å². The summed E-state index contributed by atoms with van der Waals surface area (Å²) in [5, 5.41) is 0. The van der Waals surface area contributed by atoms with Crippen LogP contribution in [0.15, 0.2) is 57.5 Å². The number of rotatable bonds is 9. The standard InChI is InChI=1S/C16H16Br2O2S2/c17-13-3-1-5-15(11-13)19-7-9-21-22-10-8-20-16-6-2-4-14(18)12-16/h1-6,11-12H,7-10H2. The van der Waals surface area contributed by atoms with Crippen LogP contribution in [0.25, 0.3) is 0 Å². The molecular weight excluding hydrogens is 448 g/mol. The molecule has 0 aliphatic heterocycles. The zero-order valence-electron chi connectivity index (χ0n) is 11.8. The summed E-state index contributed by atoms with van der Waals surface area (Å²) in [6.07, 6.45) is 0. The molecule has 0 heterocycles. The maximum absolute atomic E-state index is 5.68.